The van der Waals surface area contributed by atoms with Crippen LogP contribution < -0.4 is 21.9 Å². The molecule has 0 unspecified atom stereocenters. The Hall–Kier alpha value is -1.82. The molecule has 0 spiro atoms. The lowest BCUT2D eigenvalue weighted by molar-refractivity contribution is 0.105. The lowest BCUT2D eigenvalue weighted by Gasteiger charge is -2.04. The largest absolute Gasteiger partial charge is 0.318 e. The molecule has 1 heterocycles. The molecule has 74 valence electrons. The van der Waals surface area contributed by atoms with Crippen molar-refractivity contribution in [2.24, 2.45) is 5.90 Å². The molecule has 0 amide bonds. The van der Waals surface area contributed by atoms with Gasteiger partial charge in [0.25, 0.3) is 5.56 Å². The maximum Gasteiger partial charge on any atom is 0.292 e. The van der Waals surface area contributed by atoms with Crippen LogP contribution >= 0.6 is 0 Å². The van der Waals surface area contributed by atoms with E-state index < -0.39 is 11.4 Å². The summed E-state index contributed by atoms with van der Waals surface area (Å²) in [6.45, 7) is 0. The summed E-state index contributed by atoms with van der Waals surface area (Å²) in [6.07, 6.45) is 1.34. The number of nitrogens with zero attached hydrogens (tertiary/aromatic N) is 1. The number of rotatable bonds is 1. The highest BCUT2D eigenvalue weighted by atomic mass is 19.1. The summed E-state index contributed by atoms with van der Waals surface area (Å²) in [7, 11) is 5.37. The van der Waals surface area contributed by atoms with Gasteiger partial charge in [-0.3, -0.25) is 4.79 Å². The van der Waals surface area contributed by atoms with E-state index in [1.165, 1.54) is 12.3 Å². The van der Waals surface area contributed by atoms with Crippen molar-refractivity contribution in [3.63, 3.8) is 0 Å². The van der Waals surface area contributed by atoms with E-state index in [9.17, 15) is 9.18 Å². The highest BCUT2D eigenvalue weighted by Crippen LogP contribution is 2.08. The molecule has 0 fully saturated rings. The van der Waals surface area contributed by atoms with Crippen LogP contribution in [0.5, 0.6) is 0 Å². The SMILES string of the molecule is [B]c1cc2ccn(ON)c(=O)c2cc1F. The van der Waals surface area contributed by atoms with Gasteiger partial charge in [-0.05, 0) is 17.5 Å². The first-order chi connectivity index (χ1) is 7.13. The number of hydrogen-bond donors (Lipinski definition) is 1. The summed E-state index contributed by atoms with van der Waals surface area (Å²) < 4.78 is 13.9. The summed E-state index contributed by atoms with van der Waals surface area (Å²) in [4.78, 5) is 15.8. The Morgan fingerprint density at radius 2 is 2.20 bits per heavy atom. The van der Waals surface area contributed by atoms with Crippen LogP contribution in [0.15, 0.2) is 29.2 Å². The number of pyridine rings is 1. The van der Waals surface area contributed by atoms with E-state index in [2.05, 4.69) is 4.94 Å². The third kappa shape index (κ3) is 1.48. The minimum Gasteiger partial charge on any atom is -0.318 e. The predicted molar refractivity (Wildman–Crippen MR) is 54.3 cm³/mol. The van der Waals surface area contributed by atoms with Gasteiger partial charge in [-0.25, -0.2) is 4.39 Å². The van der Waals surface area contributed by atoms with Gasteiger partial charge in [-0.2, -0.15) is 0 Å². The van der Waals surface area contributed by atoms with Crippen molar-refractivity contribution in [2.45, 2.75) is 0 Å². The number of halogens is 1. The number of aromatic nitrogens is 1. The summed E-state index contributed by atoms with van der Waals surface area (Å²) in [5, 5.41) is 0.696. The minimum atomic E-state index is -0.644. The third-order valence-electron chi connectivity index (χ3n) is 2.10. The zero-order chi connectivity index (χ0) is 11.0. The van der Waals surface area contributed by atoms with E-state index in [1.54, 1.807) is 6.07 Å². The highest BCUT2D eigenvalue weighted by molar-refractivity contribution is 6.33. The first kappa shape index (κ1) is 9.73. The summed E-state index contributed by atoms with van der Waals surface area (Å²) in [5.74, 6) is 4.21. The molecule has 2 rings (SSSR count). The van der Waals surface area contributed by atoms with Gasteiger partial charge in [-0.15, -0.1) is 10.6 Å². The molecule has 2 aromatic rings. The van der Waals surface area contributed by atoms with E-state index in [4.69, 9.17) is 13.7 Å². The zero-order valence-corrected chi connectivity index (χ0v) is 7.61. The van der Waals surface area contributed by atoms with Crippen LogP contribution in [0.25, 0.3) is 10.8 Å². The monoisotopic (exact) mass is 204 g/mol. The molecule has 15 heavy (non-hydrogen) atoms. The first-order valence-electron chi connectivity index (χ1n) is 4.11. The van der Waals surface area contributed by atoms with Crippen molar-refractivity contribution in [1.82, 2.24) is 4.73 Å². The van der Waals surface area contributed by atoms with Crippen LogP contribution in [0, 0.1) is 5.82 Å². The van der Waals surface area contributed by atoms with E-state index in [-0.39, 0.29) is 10.8 Å². The molecule has 0 saturated heterocycles. The quantitative estimate of drug-likeness (QED) is 0.490. The number of fused-ring (bicyclic) bond motifs is 1. The van der Waals surface area contributed by atoms with Crippen LogP contribution in [-0.2, 0) is 0 Å². The van der Waals surface area contributed by atoms with E-state index >= 15 is 0 Å². The molecule has 1 aromatic heterocycles. The fourth-order valence-corrected chi connectivity index (χ4v) is 1.35. The number of hydrogen-bond acceptors (Lipinski definition) is 3. The lowest BCUT2D eigenvalue weighted by Crippen LogP contribution is -2.30. The van der Waals surface area contributed by atoms with Crippen molar-refractivity contribution >= 4 is 24.1 Å². The van der Waals surface area contributed by atoms with E-state index in [1.807, 2.05) is 0 Å². The number of nitrogens with two attached hydrogens (primary N) is 1. The summed E-state index contributed by atoms with van der Waals surface area (Å²) in [6, 6.07) is 3.99. The van der Waals surface area contributed by atoms with Gasteiger partial charge in [0.05, 0.1) is 11.6 Å². The molecule has 1 aromatic carbocycles. The molecule has 4 nitrogen and oxygen atoms in total. The predicted octanol–water partition coefficient (Wildman–Crippen LogP) is -0.763. The fraction of sp³-hybridized carbons (Fsp3) is 0. The molecule has 2 radical (unpaired) electrons. The molecule has 0 saturated carbocycles. The van der Waals surface area contributed by atoms with Gasteiger partial charge >= 0.3 is 0 Å². The van der Waals surface area contributed by atoms with Crippen molar-refractivity contribution < 1.29 is 9.33 Å². The second-order valence-corrected chi connectivity index (χ2v) is 3.01. The van der Waals surface area contributed by atoms with E-state index in [0.29, 0.717) is 5.39 Å². The lowest BCUT2D eigenvalue weighted by atomic mass is 9.93. The molecule has 0 bridgehead atoms. The van der Waals surface area contributed by atoms with Crippen molar-refractivity contribution in [3.05, 3.63) is 40.6 Å². The fourth-order valence-electron chi connectivity index (χ4n) is 1.35. The maximum absolute atomic E-state index is 13.1. The van der Waals surface area contributed by atoms with Crippen molar-refractivity contribution in [2.75, 3.05) is 0 Å². The molecule has 0 aliphatic heterocycles. The normalized spacial score (nSPS) is 10.5. The topological polar surface area (TPSA) is 57.2 Å². The van der Waals surface area contributed by atoms with Gasteiger partial charge < -0.3 is 4.94 Å². The Bertz CT molecular complexity index is 582. The Morgan fingerprint density at radius 1 is 1.47 bits per heavy atom. The molecule has 0 aliphatic carbocycles. The average Bonchev–Trinajstić information content (AvgIpc) is 2.22. The molecule has 0 atom stereocenters. The van der Waals surface area contributed by atoms with Crippen LogP contribution in [0.1, 0.15) is 0 Å². The summed E-state index contributed by atoms with van der Waals surface area (Å²) >= 11 is 0. The standard InChI is InChI=1S/C9H6BFN2O2/c10-7-3-5-1-2-13(15-12)9(14)6(5)4-8(7)11/h1-4H,12H2. The minimum absolute atomic E-state index is 0.00619. The van der Waals surface area contributed by atoms with Gasteiger partial charge in [0.1, 0.15) is 13.7 Å². The third-order valence-corrected chi connectivity index (χ3v) is 2.10. The maximum atomic E-state index is 13.1. The molecular formula is C9H6BFN2O2. The van der Waals surface area contributed by atoms with Gasteiger partial charge in [0.15, 0.2) is 0 Å². The average molecular weight is 204 g/mol. The molecule has 6 heteroatoms. The second kappa shape index (κ2) is 3.40. The van der Waals surface area contributed by atoms with Crippen LogP contribution in [0.3, 0.4) is 0 Å². The Balaban J connectivity index is 2.88. The molecule has 0 aliphatic rings. The van der Waals surface area contributed by atoms with Crippen LogP contribution in [-0.4, -0.2) is 12.6 Å². The first-order valence-corrected chi connectivity index (χ1v) is 4.11. The number of benzene rings is 1. The van der Waals surface area contributed by atoms with Gasteiger partial charge in [-0.1, -0.05) is 11.5 Å². The van der Waals surface area contributed by atoms with Gasteiger partial charge in [0.2, 0.25) is 0 Å². The van der Waals surface area contributed by atoms with E-state index in [0.717, 1.165) is 10.8 Å². The molecular weight excluding hydrogens is 198 g/mol. The van der Waals surface area contributed by atoms with Crippen molar-refractivity contribution in [1.29, 1.82) is 0 Å². The van der Waals surface area contributed by atoms with Gasteiger partial charge in [0, 0.05) is 0 Å². The summed E-state index contributed by atoms with van der Waals surface area (Å²) in [5.41, 5.74) is -0.540. The Labute approximate surface area is 85.4 Å². The second-order valence-electron chi connectivity index (χ2n) is 3.01. The Kier molecular flexibility index (Phi) is 2.20. The zero-order valence-electron chi connectivity index (χ0n) is 7.61. The molecule has 2 N–H and O–H groups in total. The smallest absolute Gasteiger partial charge is 0.292 e. The highest BCUT2D eigenvalue weighted by Gasteiger charge is 2.06. The van der Waals surface area contributed by atoms with Crippen molar-refractivity contribution in [3.8, 4) is 0 Å². The van der Waals surface area contributed by atoms with Crippen LogP contribution in [0.4, 0.5) is 4.39 Å². The van der Waals surface area contributed by atoms with Crippen LogP contribution in [0.2, 0.25) is 0 Å². The Morgan fingerprint density at radius 3 is 2.87 bits per heavy atom.